The number of amides is 4. The number of hydrogen-bond donors (Lipinski definition) is 3. The van der Waals surface area contributed by atoms with Gasteiger partial charge in [-0.1, -0.05) is 18.2 Å². The van der Waals surface area contributed by atoms with E-state index in [0.717, 1.165) is 6.08 Å². The van der Waals surface area contributed by atoms with Crippen molar-refractivity contribution >= 4 is 36.3 Å². The van der Waals surface area contributed by atoms with E-state index in [0.29, 0.717) is 16.7 Å². The number of nitrogens with zero attached hydrogens (tertiary/aromatic N) is 3. The average molecular weight is 460 g/mol. The third-order valence-electron chi connectivity index (χ3n) is 5.32. The van der Waals surface area contributed by atoms with Crippen molar-refractivity contribution < 1.29 is 28.0 Å². The fourth-order valence-corrected chi connectivity index (χ4v) is 3.62. The third kappa shape index (κ3) is 4.78. The molecule has 0 aromatic heterocycles. The summed E-state index contributed by atoms with van der Waals surface area (Å²) in [6.07, 6.45) is 1.31. The quantitative estimate of drug-likeness (QED) is 0.324. The third-order valence-corrected chi connectivity index (χ3v) is 5.32. The zero-order valence-electron chi connectivity index (χ0n) is 17.7. The fraction of sp³-hybridized carbons (Fsp3) is 0.333. The Hall–Kier alpha value is -3.96. The lowest BCUT2D eigenvalue weighted by Crippen LogP contribution is -2.52. The monoisotopic (exact) mass is 460 g/mol. The summed E-state index contributed by atoms with van der Waals surface area (Å²) < 4.78 is 28.9. The highest BCUT2D eigenvalue weighted by molar-refractivity contribution is 6.05. The molecule has 1 aromatic rings. The number of alkyl halides is 2. The zero-order valence-corrected chi connectivity index (χ0v) is 17.7. The van der Waals surface area contributed by atoms with Gasteiger partial charge in [-0.15, -0.1) is 0 Å². The number of fused-ring (bicyclic) bond motifs is 1. The largest absolute Gasteiger partial charge is 0.368 e. The van der Waals surface area contributed by atoms with Gasteiger partial charge in [-0.05, 0) is 37.3 Å². The number of nitrogens with one attached hydrogen (secondary N) is 2. The number of rotatable bonds is 6. The van der Waals surface area contributed by atoms with Gasteiger partial charge < -0.3 is 16.0 Å². The van der Waals surface area contributed by atoms with Gasteiger partial charge in [0.1, 0.15) is 11.7 Å². The smallest absolute Gasteiger partial charge is 0.365 e. The molecule has 0 radical (unpaired) electrons. The molecular weight excluding hydrogens is 438 g/mol. The zero-order chi connectivity index (χ0) is 24.3. The molecule has 1 fully saturated rings. The lowest BCUT2D eigenvalue weighted by Gasteiger charge is -2.29. The van der Waals surface area contributed by atoms with Crippen LogP contribution < -0.4 is 16.4 Å². The minimum absolute atomic E-state index is 0.129. The summed E-state index contributed by atoms with van der Waals surface area (Å²) in [4.78, 5) is 56.3. The highest BCUT2D eigenvalue weighted by Gasteiger charge is 2.43. The molecule has 33 heavy (non-hydrogen) atoms. The normalized spacial score (nSPS) is 19.3. The van der Waals surface area contributed by atoms with Gasteiger partial charge in [0.2, 0.25) is 17.8 Å². The number of carbonyl (C=O) groups is 4. The highest BCUT2D eigenvalue weighted by Crippen LogP contribution is 2.29. The van der Waals surface area contributed by atoms with Crippen molar-refractivity contribution in [2.24, 2.45) is 15.7 Å². The van der Waals surface area contributed by atoms with Crippen molar-refractivity contribution in [2.75, 3.05) is 0 Å². The number of hydrogen-bond acceptors (Lipinski definition) is 5. The second kappa shape index (κ2) is 9.27. The van der Waals surface area contributed by atoms with Crippen molar-refractivity contribution in [3.63, 3.8) is 0 Å². The number of nitrogens with two attached hydrogens (primary N) is 1. The highest BCUT2D eigenvalue weighted by atomic mass is 19.3. The second-order valence-corrected chi connectivity index (χ2v) is 7.45. The first-order chi connectivity index (χ1) is 15.6. The van der Waals surface area contributed by atoms with E-state index >= 15 is 0 Å². The molecule has 0 spiro atoms. The van der Waals surface area contributed by atoms with Gasteiger partial charge in [-0.3, -0.25) is 24.5 Å². The van der Waals surface area contributed by atoms with Gasteiger partial charge in [0, 0.05) is 25.1 Å². The molecule has 1 saturated heterocycles. The SMILES string of the molecule is C=N/C(N)=N\C(=C/C)C(F)(F)C(=O)NCc1ccc2c(c1)CN(C1CCC(=O)NC1=O)C2=O. The first-order valence-electron chi connectivity index (χ1n) is 9.98. The Morgan fingerprint density at radius 3 is 2.76 bits per heavy atom. The molecule has 0 bridgehead atoms. The van der Waals surface area contributed by atoms with E-state index in [2.05, 4.69) is 27.3 Å². The maximum Gasteiger partial charge on any atom is 0.365 e. The van der Waals surface area contributed by atoms with Crippen LogP contribution in [0.25, 0.3) is 0 Å². The van der Waals surface area contributed by atoms with E-state index in [1.54, 1.807) is 6.07 Å². The van der Waals surface area contributed by atoms with Crippen LogP contribution in [0.4, 0.5) is 8.78 Å². The first kappa shape index (κ1) is 23.7. The Bertz CT molecular complexity index is 1100. The van der Waals surface area contributed by atoms with E-state index in [9.17, 15) is 28.0 Å². The van der Waals surface area contributed by atoms with Crippen molar-refractivity contribution in [3.8, 4) is 0 Å². The predicted octanol–water partition coefficient (Wildman–Crippen LogP) is 0.618. The summed E-state index contributed by atoms with van der Waals surface area (Å²) >= 11 is 0. The summed E-state index contributed by atoms with van der Waals surface area (Å²) in [5, 5.41) is 4.37. The molecule has 3 rings (SSSR count). The molecule has 2 aliphatic rings. The van der Waals surface area contributed by atoms with E-state index in [1.807, 2.05) is 0 Å². The van der Waals surface area contributed by atoms with Crippen LogP contribution in [-0.4, -0.2) is 53.2 Å². The van der Waals surface area contributed by atoms with Crippen molar-refractivity contribution in [3.05, 3.63) is 46.7 Å². The topological polar surface area (TPSA) is 146 Å². The number of benzene rings is 1. The maximum atomic E-state index is 14.5. The molecule has 4 amide bonds. The summed E-state index contributed by atoms with van der Waals surface area (Å²) in [5.41, 5.74) is 5.87. The van der Waals surface area contributed by atoms with E-state index < -0.39 is 35.4 Å². The van der Waals surface area contributed by atoms with Gasteiger partial charge in [-0.2, -0.15) is 8.78 Å². The Kier molecular flexibility index (Phi) is 6.65. The molecule has 2 heterocycles. The summed E-state index contributed by atoms with van der Waals surface area (Å²) in [6, 6.07) is 3.88. The molecule has 4 N–H and O–H groups in total. The first-order valence-corrected chi connectivity index (χ1v) is 9.98. The van der Waals surface area contributed by atoms with Crippen LogP contribution in [-0.2, 0) is 27.5 Å². The summed E-state index contributed by atoms with van der Waals surface area (Å²) in [6.45, 7) is 4.26. The van der Waals surface area contributed by atoms with E-state index in [4.69, 9.17) is 5.73 Å². The Labute approximate surface area is 187 Å². The molecule has 0 saturated carbocycles. The molecule has 1 atom stereocenters. The van der Waals surface area contributed by atoms with Crippen LogP contribution in [0.5, 0.6) is 0 Å². The number of allylic oxidation sites excluding steroid dienone is 1. The second-order valence-electron chi connectivity index (χ2n) is 7.45. The van der Waals surface area contributed by atoms with Crippen LogP contribution in [0.15, 0.2) is 40.0 Å². The van der Waals surface area contributed by atoms with Crippen LogP contribution in [0, 0.1) is 0 Å². The van der Waals surface area contributed by atoms with Crippen LogP contribution in [0.2, 0.25) is 0 Å². The number of aliphatic imine (C=N–C) groups is 2. The van der Waals surface area contributed by atoms with Gasteiger partial charge >= 0.3 is 5.92 Å². The minimum atomic E-state index is -3.96. The molecule has 174 valence electrons. The number of carbonyl (C=O) groups excluding carboxylic acids is 4. The van der Waals surface area contributed by atoms with Crippen LogP contribution in [0.1, 0.15) is 41.3 Å². The van der Waals surface area contributed by atoms with E-state index in [1.165, 1.54) is 24.0 Å². The number of imide groups is 1. The maximum absolute atomic E-state index is 14.5. The van der Waals surface area contributed by atoms with Crippen LogP contribution >= 0.6 is 0 Å². The molecule has 1 aromatic carbocycles. The van der Waals surface area contributed by atoms with Gasteiger partial charge in [0.05, 0.1) is 0 Å². The molecular formula is C21H22F2N6O4. The standard InChI is InChI=1S/C21H22F2N6O4/c1-3-15(27-20(24)25-2)21(22,23)19(33)26-9-11-4-5-13-12(8-11)10-29(18(13)32)14-6-7-16(30)28-17(14)31/h3-5,8,14H,2,6-7,9-10H2,1H3,(H2,24,27)(H,26,33)(H,28,30,31)/b15-3-. The number of piperidine rings is 1. The van der Waals surface area contributed by atoms with Crippen molar-refractivity contribution in [1.82, 2.24) is 15.5 Å². The number of guanidine groups is 1. The van der Waals surface area contributed by atoms with Crippen molar-refractivity contribution in [1.29, 1.82) is 0 Å². The average Bonchev–Trinajstić information content (AvgIpc) is 3.10. The van der Waals surface area contributed by atoms with E-state index in [-0.39, 0.29) is 37.7 Å². The minimum Gasteiger partial charge on any atom is -0.368 e. The summed E-state index contributed by atoms with van der Waals surface area (Å²) in [7, 11) is 0. The fourth-order valence-electron chi connectivity index (χ4n) is 3.62. The Morgan fingerprint density at radius 1 is 1.39 bits per heavy atom. The van der Waals surface area contributed by atoms with Gasteiger partial charge in [-0.25, -0.2) is 9.98 Å². The van der Waals surface area contributed by atoms with Crippen molar-refractivity contribution in [2.45, 2.75) is 44.8 Å². The molecule has 1 unspecified atom stereocenters. The molecule has 10 nitrogen and oxygen atoms in total. The Morgan fingerprint density at radius 2 is 2.12 bits per heavy atom. The van der Waals surface area contributed by atoms with Crippen LogP contribution in [0.3, 0.4) is 0 Å². The predicted molar refractivity (Wildman–Crippen MR) is 114 cm³/mol. The lowest BCUT2D eigenvalue weighted by atomic mass is 10.0. The Balaban J connectivity index is 1.69. The summed E-state index contributed by atoms with van der Waals surface area (Å²) in [5.74, 6) is -7.32. The van der Waals surface area contributed by atoms with Gasteiger partial charge in [0.25, 0.3) is 11.8 Å². The van der Waals surface area contributed by atoms with Gasteiger partial charge in [0.15, 0.2) is 0 Å². The molecule has 0 aliphatic carbocycles. The molecule has 2 aliphatic heterocycles. The lowest BCUT2D eigenvalue weighted by molar-refractivity contribution is -0.141. The number of halogens is 2. The molecule has 12 heteroatoms.